The normalized spacial score (nSPS) is 20.7. The monoisotopic (exact) mass is 228 g/mol. The van der Waals surface area contributed by atoms with Gasteiger partial charge in [-0.3, -0.25) is 4.79 Å². The number of methoxy groups -OCH3 is 1. The molecular weight excluding hydrogens is 204 g/mol. The second kappa shape index (κ2) is 6.21. The first-order valence-electron chi connectivity index (χ1n) is 6.14. The number of nitrogens with one attached hydrogen (secondary N) is 1. The van der Waals surface area contributed by atoms with Crippen molar-refractivity contribution in [2.75, 3.05) is 13.7 Å². The van der Waals surface area contributed by atoms with E-state index in [4.69, 9.17) is 10.5 Å². The zero-order valence-corrected chi connectivity index (χ0v) is 10.4. The van der Waals surface area contributed by atoms with E-state index in [9.17, 15) is 4.79 Å². The topological polar surface area (TPSA) is 64.3 Å². The van der Waals surface area contributed by atoms with Crippen LogP contribution in [0.1, 0.15) is 45.4 Å². The van der Waals surface area contributed by atoms with Crippen molar-refractivity contribution in [3.8, 4) is 0 Å². The smallest absolute Gasteiger partial charge is 0.237 e. The Morgan fingerprint density at radius 2 is 2.12 bits per heavy atom. The van der Waals surface area contributed by atoms with Gasteiger partial charge in [-0.1, -0.05) is 12.8 Å². The van der Waals surface area contributed by atoms with Gasteiger partial charge in [0.1, 0.15) is 0 Å². The minimum atomic E-state index is -0.396. The summed E-state index contributed by atoms with van der Waals surface area (Å²) in [4.78, 5) is 11.8. The zero-order valence-electron chi connectivity index (χ0n) is 10.4. The van der Waals surface area contributed by atoms with Crippen molar-refractivity contribution in [2.24, 2.45) is 5.73 Å². The van der Waals surface area contributed by atoms with Crippen LogP contribution in [-0.2, 0) is 9.53 Å². The molecule has 16 heavy (non-hydrogen) atoms. The molecule has 4 heteroatoms. The fraction of sp³-hybridized carbons (Fsp3) is 0.917. The fourth-order valence-corrected chi connectivity index (χ4v) is 2.25. The van der Waals surface area contributed by atoms with Crippen molar-refractivity contribution in [2.45, 2.75) is 57.0 Å². The molecule has 0 aromatic heterocycles. The van der Waals surface area contributed by atoms with Crippen LogP contribution in [0.4, 0.5) is 0 Å². The molecule has 4 nitrogen and oxygen atoms in total. The van der Waals surface area contributed by atoms with Crippen LogP contribution in [0.15, 0.2) is 0 Å². The van der Waals surface area contributed by atoms with E-state index in [0.29, 0.717) is 13.0 Å². The molecule has 0 bridgehead atoms. The lowest BCUT2D eigenvalue weighted by Crippen LogP contribution is -2.50. The van der Waals surface area contributed by atoms with Gasteiger partial charge in [-0.15, -0.1) is 0 Å². The maximum atomic E-state index is 11.8. The molecule has 0 aliphatic heterocycles. The van der Waals surface area contributed by atoms with E-state index in [1.807, 2.05) is 0 Å². The average Bonchev–Trinajstić information content (AvgIpc) is 2.65. The number of hydrogen-bond donors (Lipinski definition) is 2. The Kier molecular flexibility index (Phi) is 5.22. The summed E-state index contributed by atoms with van der Waals surface area (Å²) in [5.41, 5.74) is 5.81. The van der Waals surface area contributed by atoms with E-state index in [0.717, 1.165) is 19.3 Å². The summed E-state index contributed by atoms with van der Waals surface area (Å²) in [6.45, 7) is 2.78. The number of ether oxygens (including phenoxy) is 1. The molecule has 1 rings (SSSR count). The molecule has 94 valence electrons. The largest absolute Gasteiger partial charge is 0.385 e. The summed E-state index contributed by atoms with van der Waals surface area (Å²) in [5.74, 6) is -0.0134. The van der Waals surface area contributed by atoms with Gasteiger partial charge in [-0.05, 0) is 32.6 Å². The Balaban J connectivity index is 2.27. The quantitative estimate of drug-likeness (QED) is 0.671. The summed E-state index contributed by atoms with van der Waals surface area (Å²) in [6.07, 6.45) is 6.08. The summed E-state index contributed by atoms with van der Waals surface area (Å²) in [7, 11) is 1.66. The first-order valence-corrected chi connectivity index (χ1v) is 6.14. The van der Waals surface area contributed by atoms with Crippen LogP contribution in [-0.4, -0.2) is 31.2 Å². The van der Waals surface area contributed by atoms with Gasteiger partial charge in [0, 0.05) is 19.3 Å². The second-order valence-electron chi connectivity index (χ2n) is 5.00. The lowest BCUT2D eigenvalue weighted by Gasteiger charge is -2.27. The maximum Gasteiger partial charge on any atom is 0.237 e. The Morgan fingerprint density at radius 3 is 2.69 bits per heavy atom. The first kappa shape index (κ1) is 13.5. The number of amides is 1. The number of nitrogens with two attached hydrogens (primary N) is 1. The van der Waals surface area contributed by atoms with Gasteiger partial charge in [0.05, 0.1) is 6.04 Å². The highest BCUT2D eigenvalue weighted by molar-refractivity contribution is 5.82. The maximum absolute atomic E-state index is 11.8. The van der Waals surface area contributed by atoms with Gasteiger partial charge in [0.2, 0.25) is 5.91 Å². The summed E-state index contributed by atoms with van der Waals surface area (Å²) in [5, 5.41) is 3.08. The lowest BCUT2D eigenvalue weighted by atomic mass is 9.99. The zero-order chi connectivity index (χ0) is 12.0. The minimum absolute atomic E-state index is 0.0134. The van der Waals surface area contributed by atoms with Crippen molar-refractivity contribution < 1.29 is 9.53 Å². The third-order valence-corrected chi connectivity index (χ3v) is 3.33. The van der Waals surface area contributed by atoms with E-state index in [2.05, 4.69) is 12.2 Å². The highest BCUT2D eigenvalue weighted by Crippen LogP contribution is 2.28. The molecule has 1 saturated carbocycles. The summed E-state index contributed by atoms with van der Waals surface area (Å²) >= 11 is 0. The van der Waals surface area contributed by atoms with Crippen molar-refractivity contribution in [3.63, 3.8) is 0 Å². The Labute approximate surface area is 97.9 Å². The van der Waals surface area contributed by atoms with Gasteiger partial charge < -0.3 is 15.8 Å². The van der Waals surface area contributed by atoms with Crippen LogP contribution in [0.25, 0.3) is 0 Å². The van der Waals surface area contributed by atoms with Crippen molar-refractivity contribution in [3.05, 3.63) is 0 Å². The first-order chi connectivity index (χ1) is 7.57. The standard InChI is InChI=1S/C12H24N2O2/c1-12(7-3-4-8-12)14-11(15)10(13)6-5-9-16-2/h10H,3-9,13H2,1-2H3,(H,14,15). The van der Waals surface area contributed by atoms with Crippen LogP contribution in [0.5, 0.6) is 0 Å². The molecule has 3 N–H and O–H groups in total. The predicted octanol–water partition coefficient (Wildman–Crippen LogP) is 1.19. The molecule has 1 atom stereocenters. The molecule has 0 saturated heterocycles. The van der Waals surface area contributed by atoms with Gasteiger partial charge in [0.25, 0.3) is 0 Å². The number of hydrogen-bond acceptors (Lipinski definition) is 3. The third kappa shape index (κ3) is 4.10. The average molecular weight is 228 g/mol. The molecular formula is C12H24N2O2. The van der Waals surface area contributed by atoms with Crippen LogP contribution in [0, 0.1) is 0 Å². The van der Waals surface area contributed by atoms with Crippen LogP contribution in [0.2, 0.25) is 0 Å². The minimum Gasteiger partial charge on any atom is -0.385 e. The lowest BCUT2D eigenvalue weighted by molar-refractivity contribution is -0.124. The second-order valence-corrected chi connectivity index (χ2v) is 5.00. The summed E-state index contributed by atoms with van der Waals surface area (Å²) in [6, 6.07) is -0.396. The summed E-state index contributed by atoms with van der Waals surface area (Å²) < 4.78 is 4.94. The Hall–Kier alpha value is -0.610. The van der Waals surface area contributed by atoms with Crippen LogP contribution < -0.4 is 11.1 Å². The van der Waals surface area contributed by atoms with E-state index in [-0.39, 0.29) is 11.4 Å². The molecule has 1 aliphatic rings. The Morgan fingerprint density at radius 1 is 1.50 bits per heavy atom. The number of carbonyl (C=O) groups is 1. The van der Waals surface area contributed by atoms with Crippen molar-refractivity contribution in [1.82, 2.24) is 5.32 Å². The predicted molar refractivity (Wildman–Crippen MR) is 64.1 cm³/mol. The van der Waals surface area contributed by atoms with Gasteiger partial charge >= 0.3 is 0 Å². The van der Waals surface area contributed by atoms with Crippen LogP contribution >= 0.6 is 0 Å². The molecule has 0 spiro atoms. The highest BCUT2D eigenvalue weighted by atomic mass is 16.5. The van der Waals surface area contributed by atoms with Crippen LogP contribution in [0.3, 0.4) is 0 Å². The molecule has 1 amide bonds. The van der Waals surface area contributed by atoms with Gasteiger partial charge in [0.15, 0.2) is 0 Å². The van der Waals surface area contributed by atoms with Crippen molar-refractivity contribution >= 4 is 5.91 Å². The molecule has 0 radical (unpaired) electrons. The highest BCUT2D eigenvalue weighted by Gasteiger charge is 2.31. The molecule has 1 fully saturated rings. The van der Waals surface area contributed by atoms with Gasteiger partial charge in [-0.25, -0.2) is 0 Å². The van der Waals surface area contributed by atoms with E-state index < -0.39 is 6.04 Å². The van der Waals surface area contributed by atoms with Crippen molar-refractivity contribution in [1.29, 1.82) is 0 Å². The molecule has 0 aromatic carbocycles. The van der Waals surface area contributed by atoms with E-state index in [1.165, 1.54) is 12.8 Å². The van der Waals surface area contributed by atoms with E-state index in [1.54, 1.807) is 7.11 Å². The third-order valence-electron chi connectivity index (χ3n) is 3.33. The number of carbonyl (C=O) groups excluding carboxylic acids is 1. The molecule has 0 aromatic rings. The number of rotatable bonds is 6. The van der Waals surface area contributed by atoms with Gasteiger partial charge in [-0.2, -0.15) is 0 Å². The van der Waals surface area contributed by atoms with E-state index >= 15 is 0 Å². The molecule has 1 unspecified atom stereocenters. The SMILES string of the molecule is COCCCC(N)C(=O)NC1(C)CCCC1. The fourth-order valence-electron chi connectivity index (χ4n) is 2.25. The molecule has 1 aliphatic carbocycles. The Bertz CT molecular complexity index is 225. The molecule has 0 heterocycles.